The van der Waals surface area contributed by atoms with Gasteiger partial charge in [0.1, 0.15) is 23.0 Å². The lowest BCUT2D eigenvalue weighted by molar-refractivity contribution is 0.0954. The smallest absolute Gasteiger partial charge is 0.251 e. The van der Waals surface area contributed by atoms with E-state index < -0.39 is 0 Å². The second kappa shape index (κ2) is 9.98. The van der Waals surface area contributed by atoms with Gasteiger partial charge in [-0.05, 0) is 91.1 Å². The molecule has 1 saturated carbocycles. The van der Waals surface area contributed by atoms with Crippen LogP contribution in [0.2, 0.25) is 5.02 Å². The number of rotatable bonds is 8. The average Bonchev–Trinajstić information content (AvgIpc) is 3.71. The van der Waals surface area contributed by atoms with E-state index in [0.717, 1.165) is 35.5 Å². The number of aryl methyl sites for hydroxylation is 1. The SMILES string of the molecule is COc1cc(C2CC2)ccc1CCNC(=O)c1ccc(Oc2cc3c(cc2Cl)CCCO3)cc1. The largest absolute Gasteiger partial charge is 0.496 e. The zero-order valence-electron chi connectivity index (χ0n) is 19.2. The Morgan fingerprint density at radius 2 is 1.91 bits per heavy atom. The molecule has 0 bridgehead atoms. The van der Waals surface area contributed by atoms with Crippen LogP contribution in [0.3, 0.4) is 0 Å². The van der Waals surface area contributed by atoms with E-state index >= 15 is 0 Å². The summed E-state index contributed by atoms with van der Waals surface area (Å²) in [6.07, 6.45) is 5.18. The summed E-state index contributed by atoms with van der Waals surface area (Å²) < 4.78 is 17.2. The molecule has 0 saturated heterocycles. The number of carbonyl (C=O) groups excluding carboxylic acids is 1. The highest BCUT2D eigenvalue weighted by molar-refractivity contribution is 6.32. The van der Waals surface area contributed by atoms with E-state index in [4.69, 9.17) is 25.8 Å². The Labute approximate surface area is 205 Å². The van der Waals surface area contributed by atoms with Crippen LogP contribution in [0.25, 0.3) is 0 Å². The predicted octanol–water partition coefficient (Wildman–Crippen LogP) is 6.32. The number of hydrogen-bond donors (Lipinski definition) is 1. The molecule has 1 N–H and O–H groups in total. The molecule has 1 heterocycles. The number of methoxy groups -OCH3 is 1. The van der Waals surface area contributed by atoms with Crippen molar-refractivity contribution in [3.63, 3.8) is 0 Å². The number of halogens is 1. The maximum Gasteiger partial charge on any atom is 0.251 e. The first kappa shape index (κ1) is 22.6. The summed E-state index contributed by atoms with van der Waals surface area (Å²) in [5.74, 6) is 3.43. The third-order valence-corrected chi connectivity index (χ3v) is 6.64. The van der Waals surface area contributed by atoms with Crippen LogP contribution in [0, 0.1) is 0 Å². The van der Waals surface area contributed by atoms with E-state index in [1.807, 2.05) is 12.1 Å². The zero-order valence-corrected chi connectivity index (χ0v) is 20.0. The molecular weight excluding hydrogens is 450 g/mol. The van der Waals surface area contributed by atoms with Gasteiger partial charge in [-0.2, -0.15) is 0 Å². The van der Waals surface area contributed by atoms with Crippen molar-refractivity contribution in [2.75, 3.05) is 20.3 Å². The van der Waals surface area contributed by atoms with Gasteiger partial charge in [-0.15, -0.1) is 0 Å². The molecule has 0 atom stereocenters. The predicted molar refractivity (Wildman–Crippen MR) is 133 cm³/mol. The second-order valence-electron chi connectivity index (χ2n) is 8.82. The fourth-order valence-corrected chi connectivity index (χ4v) is 4.51. The van der Waals surface area contributed by atoms with Crippen molar-refractivity contribution < 1.29 is 19.0 Å². The molecule has 0 unspecified atom stereocenters. The van der Waals surface area contributed by atoms with Crippen molar-refractivity contribution in [2.24, 2.45) is 0 Å². The lowest BCUT2D eigenvalue weighted by Gasteiger charge is -2.19. The fourth-order valence-electron chi connectivity index (χ4n) is 4.28. The first-order chi connectivity index (χ1) is 16.6. The molecule has 6 heteroatoms. The molecule has 1 aliphatic carbocycles. The number of fused-ring (bicyclic) bond motifs is 1. The van der Waals surface area contributed by atoms with E-state index in [2.05, 4.69) is 23.5 Å². The molecular formula is C28H28ClNO4. The standard InChI is InChI=1S/C28H28ClNO4/c1-32-25-16-21(18-4-5-18)7-6-19(25)12-13-30-28(31)20-8-10-23(11-9-20)34-27-17-26-22(15-24(27)29)3-2-14-33-26/h6-11,15-18H,2-5,12-14H2,1H3,(H,30,31). The monoisotopic (exact) mass is 477 g/mol. The van der Waals surface area contributed by atoms with Crippen LogP contribution in [0.5, 0.6) is 23.0 Å². The van der Waals surface area contributed by atoms with Crippen LogP contribution in [0.15, 0.2) is 54.6 Å². The summed E-state index contributed by atoms with van der Waals surface area (Å²) in [6.45, 7) is 1.23. The van der Waals surface area contributed by atoms with Gasteiger partial charge in [0.15, 0.2) is 0 Å². The molecule has 5 rings (SSSR count). The van der Waals surface area contributed by atoms with E-state index in [1.165, 1.54) is 18.4 Å². The van der Waals surface area contributed by atoms with Crippen LogP contribution in [0.1, 0.15) is 52.2 Å². The lowest BCUT2D eigenvalue weighted by Crippen LogP contribution is -2.25. The molecule has 1 fully saturated rings. The molecule has 0 radical (unpaired) electrons. The zero-order chi connectivity index (χ0) is 23.5. The fraction of sp³-hybridized carbons (Fsp3) is 0.321. The second-order valence-corrected chi connectivity index (χ2v) is 9.23. The highest BCUT2D eigenvalue weighted by Crippen LogP contribution is 2.41. The number of carbonyl (C=O) groups is 1. The van der Waals surface area contributed by atoms with Crippen molar-refractivity contribution in [3.8, 4) is 23.0 Å². The van der Waals surface area contributed by atoms with Gasteiger partial charge in [0.05, 0.1) is 18.7 Å². The summed E-state index contributed by atoms with van der Waals surface area (Å²) >= 11 is 6.40. The summed E-state index contributed by atoms with van der Waals surface area (Å²) in [4.78, 5) is 12.6. The maximum absolute atomic E-state index is 12.6. The first-order valence-electron chi connectivity index (χ1n) is 11.8. The summed E-state index contributed by atoms with van der Waals surface area (Å²) in [5, 5.41) is 3.54. The molecule has 0 aromatic heterocycles. The third-order valence-electron chi connectivity index (χ3n) is 6.35. The normalized spacial score (nSPS) is 14.6. The van der Waals surface area contributed by atoms with E-state index in [9.17, 15) is 4.79 Å². The maximum atomic E-state index is 12.6. The minimum absolute atomic E-state index is 0.125. The highest BCUT2D eigenvalue weighted by atomic mass is 35.5. The van der Waals surface area contributed by atoms with Crippen molar-refractivity contribution in [1.82, 2.24) is 5.32 Å². The van der Waals surface area contributed by atoms with Gasteiger partial charge in [-0.3, -0.25) is 4.79 Å². The van der Waals surface area contributed by atoms with Crippen molar-refractivity contribution in [3.05, 3.63) is 81.9 Å². The molecule has 1 aliphatic heterocycles. The van der Waals surface area contributed by atoms with E-state index in [1.54, 1.807) is 31.4 Å². The van der Waals surface area contributed by atoms with Crippen molar-refractivity contribution in [1.29, 1.82) is 0 Å². The lowest BCUT2D eigenvalue weighted by atomic mass is 10.0. The minimum Gasteiger partial charge on any atom is -0.496 e. The van der Waals surface area contributed by atoms with Crippen molar-refractivity contribution in [2.45, 2.75) is 38.0 Å². The molecule has 2 aliphatic rings. The Kier molecular flexibility index (Phi) is 6.63. The molecule has 3 aromatic rings. The Morgan fingerprint density at radius 1 is 1.09 bits per heavy atom. The van der Waals surface area contributed by atoms with Gasteiger partial charge in [0.25, 0.3) is 5.91 Å². The quantitative estimate of drug-likeness (QED) is 0.412. The van der Waals surface area contributed by atoms with Crippen LogP contribution < -0.4 is 19.5 Å². The average molecular weight is 478 g/mol. The van der Waals surface area contributed by atoms with Gasteiger partial charge in [0.2, 0.25) is 0 Å². The van der Waals surface area contributed by atoms with Crippen LogP contribution >= 0.6 is 11.6 Å². The van der Waals surface area contributed by atoms with Gasteiger partial charge >= 0.3 is 0 Å². The molecule has 1 amide bonds. The van der Waals surface area contributed by atoms with E-state index in [-0.39, 0.29) is 5.91 Å². The Bertz CT molecular complexity index is 1190. The third kappa shape index (κ3) is 5.15. The Hall–Kier alpha value is -3.18. The molecule has 5 nitrogen and oxygen atoms in total. The van der Waals surface area contributed by atoms with Gasteiger partial charge in [0, 0.05) is 18.2 Å². The molecule has 34 heavy (non-hydrogen) atoms. The molecule has 0 spiro atoms. The summed E-state index contributed by atoms with van der Waals surface area (Å²) in [5.41, 5.74) is 4.12. The van der Waals surface area contributed by atoms with Crippen LogP contribution in [-0.4, -0.2) is 26.2 Å². The number of ether oxygens (including phenoxy) is 3. The van der Waals surface area contributed by atoms with Crippen LogP contribution in [-0.2, 0) is 12.8 Å². The number of amides is 1. The Balaban J connectivity index is 1.17. The summed E-state index contributed by atoms with van der Waals surface area (Å²) in [7, 11) is 1.70. The van der Waals surface area contributed by atoms with Crippen LogP contribution in [0.4, 0.5) is 0 Å². The summed E-state index contributed by atoms with van der Waals surface area (Å²) in [6, 6.07) is 17.2. The van der Waals surface area contributed by atoms with Gasteiger partial charge in [-0.25, -0.2) is 0 Å². The molecule has 176 valence electrons. The topological polar surface area (TPSA) is 56.8 Å². The Morgan fingerprint density at radius 3 is 2.68 bits per heavy atom. The first-order valence-corrected chi connectivity index (χ1v) is 12.2. The minimum atomic E-state index is -0.125. The number of hydrogen-bond acceptors (Lipinski definition) is 4. The van der Waals surface area contributed by atoms with Gasteiger partial charge in [-0.1, -0.05) is 23.7 Å². The number of nitrogens with one attached hydrogen (secondary N) is 1. The van der Waals surface area contributed by atoms with Gasteiger partial charge < -0.3 is 19.5 Å². The highest BCUT2D eigenvalue weighted by Gasteiger charge is 2.24. The molecule has 3 aromatic carbocycles. The van der Waals surface area contributed by atoms with E-state index in [0.29, 0.717) is 47.6 Å². The van der Waals surface area contributed by atoms with Crippen molar-refractivity contribution >= 4 is 17.5 Å². The number of benzene rings is 3.